The third-order valence-electron chi connectivity index (χ3n) is 3.19. The molecule has 5 heteroatoms. The molecule has 18 heavy (non-hydrogen) atoms. The Hall–Kier alpha value is -0.810. The number of carbonyl (C=O) groups excluding carboxylic acids is 1. The number of nitrogens with zero attached hydrogens (tertiary/aromatic N) is 1. The van der Waals surface area contributed by atoms with Crippen LogP contribution in [0.1, 0.15) is 32.6 Å². The van der Waals surface area contributed by atoms with Crippen LogP contribution in [0.3, 0.4) is 0 Å². The summed E-state index contributed by atoms with van der Waals surface area (Å²) in [4.78, 5) is 13.8. The van der Waals surface area contributed by atoms with Gasteiger partial charge in [-0.15, -0.1) is 0 Å². The van der Waals surface area contributed by atoms with Gasteiger partial charge in [-0.3, -0.25) is 0 Å². The molecule has 5 nitrogen and oxygen atoms in total. The van der Waals surface area contributed by atoms with Crippen LogP contribution in [0.4, 0.5) is 4.79 Å². The van der Waals surface area contributed by atoms with Gasteiger partial charge in [-0.2, -0.15) is 0 Å². The van der Waals surface area contributed by atoms with Crippen LogP contribution in [0.2, 0.25) is 0 Å². The molecule has 1 atom stereocenters. The highest BCUT2D eigenvalue weighted by Gasteiger charge is 2.26. The first-order valence-electron chi connectivity index (χ1n) is 6.92. The second-order valence-electron chi connectivity index (χ2n) is 4.65. The lowest BCUT2D eigenvalue weighted by Gasteiger charge is -2.35. The number of rotatable bonds is 7. The number of ether oxygens (including phenoxy) is 2. The summed E-state index contributed by atoms with van der Waals surface area (Å²) >= 11 is 0. The van der Waals surface area contributed by atoms with Crippen LogP contribution < -0.4 is 5.32 Å². The Balaban J connectivity index is 2.35. The Kier molecular flexibility index (Phi) is 7.76. The van der Waals surface area contributed by atoms with Crippen LogP contribution in [0.25, 0.3) is 0 Å². The molecule has 1 heterocycles. The maximum atomic E-state index is 12.0. The number of amides is 1. The monoisotopic (exact) mass is 258 g/mol. The first kappa shape index (κ1) is 15.2. The zero-order valence-corrected chi connectivity index (χ0v) is 11.6. The minimum absolute atomic E-state index is 0.160. The lowest BCUT2D eigenvalue weighted by Crippen LogP contribution is -2.53. The van der Waals surface area contributed by atoms with E-state index in [1.807, 2.05) is 4.90 Å². The molecule has 1 N–H and O–H groups in total. The van der Waals surface area contributed by atoms with Crippen molar-refractivity contribution in [1.82, 2.24) is 10.2 Å². The molecule has 0 radical (unpaired) electrons. The number of nitrogens with one attached hydrogen (secondary N) is 1. The summed E-state index contributed by atoms with van der Waals surface area (Å²) < 4.78 is 10.3. The van der Waals surface area contributed by atoms with E-state index >= 15 is 0 Å². The summed E-state index contributed by atoms with van der Waals surface area (Å²) in [5.74, 6) is 0. The second kappa shape index (κ2) is 9.16. The van der Waals surface area contributed by atoms with Gasteiger partial charge in [-0.05, 0) is 19.3 Å². The van der Waals surface area contributed by atoms with E-state index in [2.05, 4.69) is 12.2 Å². The van der Waals surface area contributed by atoms with E-state index in [0.717, 1.165) is 51.9 Å². The maximum absolute atomic E-state index is 12.0. The fourth-order valence-corrected chi connectivity index (χ4v) is 2.11. The van der Waals surface area contributed by atoms with Crippen molar-refractivity contribution in [3.63, 3.8) is 0 Å². The molecule has 1 fully saturated rings. The third-order valence-corrected chi connectivity index (χ3v) is 3.19. The van der Waals surface area contributed by atoms with Crippen molar-refractivity contribution < 1.29 is 14.3 Å². The molecule has 0 aromatic rings. The lowest BCUT2D eigenvalue weighted by atomic mass is 10.1. The van der Waals surface area contributed by atoms with E-state index < -0.39 is 0 Å². The Morgan fingerprint density at radius 1 is 1.39 bits per heavy atom. The molecule has 1 saturated heterocycles. The summed E-state index contributed by atoms with van der Waals surface area (Å²) in [5.41, 5.74) is 0. The molecule has 0 aromatic heterocycles. The van der Waals surface area contributed by atoms with Gasteiger partial charge in [-0.1, -0.05) is 13.3 Å². The molecule has 0 aliphatic carbocycles. The predicted molar refractivity (Wildman–Crippen MR) is 70.7 cm³/mol. The standard InChI is InChI=1S/C13H26N2O3/c1-3-4-10-18-13(16)15-8-7-14-11-12(15)6-5-9-17-2/h12,14H,3-11H2,1-2H3/t12-/m0/s1. The van der Waals surface area contributed by atoms with E-state index in [9.17, 15) is 4.79 Å². The van der Waals surface area contributed by atoms with Gasteiger partial charge in [-0.25, -0.2) is 4.79 Å². The number of piperazine rings is 1. The highest BCUT2D eigenvalue weighted by molar-refractivity contribution is 5.68. The second-order valence-corrected chi connectivity index (χ2v) is 4.65. The van der Waals surface area contributed by atoms with Crippen LogP contribution in [-0.4, -0.2) is 57.0 Å². The Morgan fingerprint density at radius 3 is 2.94 bits per heavy atom. The van der Waals surface area contributed by atoms with Crippen LogP contribution >= 0.6 is 0 Å². The molecule has 0 aromatic carbocycles. The normalized spacial score (nSPS) is 19.9. The quantitative estimate of drug-likeness (QED) is 0.705. The first-order valence-corrected chi connectivity index (χ1v) is 6.92. The van der Waals surface area contributed by atoms with Gasteiger partial charge in [0.25, 0.3) is 0 Å². The summed E-state index contributed by atoms with van der Waals surface area (Å²) in [6.07, 6.45) is 3.76. The van der Waals surface area contributed by atoms with E-state index in [1.165, 1.54) is 0 Å². The fraction of sp³-hybridized carbons (Fsp3) is 0.923. The SMILES string of the molecule is CCCCOC(=O)N1CCNC[C@@H]1CCCOC. The molecule has 0 bridgehead atoms. The highest BCUT2D eigenvalue weighted by atomic mass is 16.6. The Morgan fingerprint density at radius 2 is 2.22 bits per heavy atom. The van der Waals surface area contributed by atoms with Crippen LogP contribution in [0, 0.1) is 0 Å². The molecule has 0 unspecified atom stereocenters. The van der Waals surface area contributed by atoms with Crippen LogP contribution in [0.15, 0.2) is 0 Å². The van der Waals surface area contributed by atoms with E-state index in [-0.39, 0.29) is 12.1 Å². The number of hydrogen-bond donors (Lipinski definition) is 1. The van der Waals surface area contributed by atoms with Gasteiger partial charge < -0.3 is 19.7 Å². The number of methoxy groups -OCH3 is 1. The summed E-state index contributed by atoms with van der Waals surface area (Å²) in [7, 11) is 1.70. The number of hydrogen-bond acceptors (Lipinski definition) is 4. The molecule has 0 saturated carbocycles. The van der Waals surface area contributed by atoms with Crippen molar-refractivity contribution >= 4 is 6.09 Å². The lowest BCUT2D eigenvalue weighted by molar-refractivity contribution is 0.0714. The minimum Gasteiger partial charge on any atom is -0.449 e. The van der Waals surface area contributed by atoms with Gasteiger partial charge in [0.1, 0.15) is 0 Å². The van der Waals surface area contributed by atoms with Crippen LogP contribution in [-0.2, 0) is 9.47 Å². The van der Waals surface area contributed by atoms with E-state index in [1.54, 1.807) is 7.11 Å². The smallest absolute Gasteiger partial charge is 0.410 e. The molecule has 1 amide bonds. The number of unbranched alkanes of at least 4 members (excludes halogenated alkanes) is 1. The average Bonchev–Trinajstić information content (AvgIpc) is 2.40. The molecule has 1 aliphatic rings. The van der Waals surface area contributed by atoms with Crippen molar-refractivity contribution in [2.24, 2.45) is 0 Å². The first-order chi connectivity index (χ1) is 8.79. The predicted octanol–water partition coefficient (Wildman–Crippen LogP) is 1.62. The van der Waals surface area contributed by atoms with Gasteiger partial charge in [0.2, 0.25) is 0 Å². The molecular formula is C13H26N2O3. The summed E-state index contributed by atoms with van der Waals surface area (Å²) in [6.45, 7) is 5.81. The third kappa shape index (κ3) is 5.23. The van der Waals surface area contributed by atoms with Crippen molar-refractivity contribution in [2.75, 3.05) is 40.0 Å². The molecule has 0 spiro atoms. The molecule has 1 aliphatic heterocycles. The van der Waals surface area contributed by atoms with Crippen LogP contribution in [0.5, 0.6) is 0 Å². The molecule has 1 rings (SSSR count). The Labute approximate surface area is 110 Å². The summed E-state index contributed by atoms with van der Waals surface area (Å²) in [6, 6.07) is 0.239. The highest BCUT2D eigenvalue weighted by Crippen LogP contribution is 2.11. The van der Waals surface area contributed by atoms with Crippen molar-refractivity contribution in [3.8, 4) is 0 Å². The Bertz CT molecular complexity index is 236. The van der Waals surface area contributed by atoms with Crippen molar-refractivity contribution in [3.05, 3.63) is 0 Å². The fourth-order valence-electron chi connectivity index (χ4n) is 2.11. The van der Waals surface area contributed by atoms with Crippen molar-refractivity contribution in [1.29, 1.82) is 0 Å². The zero-order valence-electron chi connectivity index (χ0n) is 11.6. The minimum atomic E-state index is -0.160. The average molecular weight is 258 g/mol. The van der Waals surface area contributed by atoms with Gasteiger partial charge in [0.15, 0.2) is 0 Å². The van der Waals surface area contributed by atoms with E-state index in [0.29, 0.717) is 6.61 Å². The van der Waals surface area contributed by atoms with Gasteiger partial charge in [0.05, 0.1) is 6.61 Å². The van der Waals surface area contributed by atoms with E-state index in [4.69, 9.17) is 9.47 Å². The van der Waals surface area contributed by atoms with Gasteiger partial charge >= 0.3 is 6.09 Å². The largest absolute Gasteiger partial charge is 0.449 e. The topological polar surface area (TPSA) is 50.8 Å². The zero-order chi connectivity index (χ0) is 13.2. The van der Waals surface area contributed by atoms with Crippen molar-refractivity contribution in [2.45, 2.75) is 38.6 Å². The maximum Gasteiger partial charge on any atom is 0.410 e. The number of carbonyl (C=O) groups is 1. The molecule has 106 valence electrons. The molecular weight excluding hydrogens is 232 g/mol. The van der Waals surface area contributed by atoms with Gasteiger partial charge in [0, 0.05) is 39.4 Å². The summed E-state index contributed by atoms with van der Waals surface area (Å²) in [5, 5.41) is 3.32.